The summed E-state index contributed by atoms with van der Waals surface area (Å²) in [6, 6.07) is 12.7. The molecule has 0 saturated heterocycles. The third-order valence-electron chi connectivity index (χ3n) is 3.57. The van der Waals surface area contributed by atoms with Crippen LogP contribution in [0.3, 0.4) is 0 Å². The maximum absolute atomic E-state index is 11.9. The molecule has 0 saturated carbocycles. The van der Waals surface area contributed by atoms with E-state index < -0.39 is 0 Å². The van der Waals surface area contributed by atoms with Crippen LogP contribution in [0.5, 0.6) is 23.0 Å². The van der Waals surface area contributed by atoms with Gasteiger partial charge >= 0.3 is 0 Å². The number of methoxy groups -OCH3 is 3. The fraction of sp³-hybridized carbons (Fsp3) is 0.250. The van der Waals surface area contributed by atoms with Gasteiger partial charge in [-0.15, -0.1) is 0 Å². The zero-order valence-electron chi connectivity index (χ0n) is 15.2. The first-order valence-electron chi connectivity index (χ1n) is 8.11. The summed E-state index contributed by atoms with van der Waals surface area (Å²) in [4.78, 5) is 11.9. The van der Waals surface area contributed by atoms with Crippen LogP contribution in [0.2, 0.25) is 0 Å². The molecule has 2 aromatic rings. The van der Waals surface area contributed by atoms with Gasteiger partial charge in [-0.1, -0.05) is 6.07 Å². The maximum atomic E-state index is 11.9. The Morgan fingerprint density at radius 2 is 1.69 bits per heavy atom. The molecule has 0 aliphatic heterocycles. The minimum Gasteiger partial charge on any atom is -0.497 e. The van der Waals surface area contributed by atoms with Crippen molar-refractivity contribution in [3.05, 3.63) is 54.1 Å². The van der Waals surface area contributed by atoms with Crippen molar-refractivity contribution in [3.63, 3.8) is 0 Å². The molecule has 0 heterocycles. The van der Waals surface area contributed by atoms with Crippen molar-refractivity contribution in [1.82, 2.24) is 5.32 Å². The number of ether oxygens (including phenoxy) is 4. The van der Waals surface area contributed by atoms with Crippen LogP contribution in [-0.4, -0.2) is 40.4 Å². The lowest BCUT2D eigenvalue weighted by molar-refractivity contribution is -0.116. The molecule has 6 nitrogen and oxygen atoms in total. The molecule has 0 aliphatic carbocycles. The monoisotopic (exact) mass is 357 g/mol. The standard InChI is InChI=1S/C20H23NO5/c1-23-16-5-4-6-18(13-16)26-12-11-21-20(22)10-8-15-7-9-17(24-2)14-19(15)25-3/h4-10,13-14H,11-12H2,1-3H3,(H,21,22)/b10-8+. The second-order valence-corrected chi connectivity index (χ2v) is 5.26. The molecule has 26 heavy (non-hydrogen) atoms. The van der Waals surface area contributed by atoms with Gasteiger partial charge in [0.2, 0.25) is 5.91 Å². The van der Waals surface area contributed by atoms with Gasteiger partial charge in [0.1, 0.15) is 29.6 Å². The molecule has 0 aromatic heterocycles. The first-order valence-corrected chi connectivity index (χ1v) is 8.11. The lowest BCUT2D eigenvalue weighted by Gasteiger charge is -2.08. The molecule has 0 unspecified atom stereocenters. The summed E-state index contributed by atoms with van der Waals surface area (Å²) >= 11 is 0. The minimum atomic E-state index is -0.211. The lowest BCUT2D eigenvalue weighted by Crippen LogP contribution is -2.26. The Kier molecular flexibility index (Phi) is 7.36. The third kappa shape index (κ3) is 5.73. The summed E-state index contributed by atoms with van der Waals surface area (Å²) < 4.78 is 21.1. The van der Waals surface area contributed by atoms with Crippen LogP contribution in [0, 0.1) is 0 Å². The first kappa shape index (κ1) is 19.2. The molecule has 0 aliphatic rings. The van der Waals surface area contributed by atoms with E-state index in [0.29, 0.717) is 30.4 Å². The average molecular weight is 357 g/mol. The fourth-order valence-corrected chi connectivity index (χ4v) is 2.21. The summed E-state index contributed by atoms with van der Waals surface area (Å²) in [6.07, 6.45) is 3.15. The fourth-order valence-electron chi connectivity index (χ4n) is 2.21. The van der Waals surface area contributed by atoms with Crippen molar-refractivity contribution in [1.29, 1.82) is 0 Å². The smallest absolute Gasteiger partial charge is 0.244 e. The molecule has 0 fully saturated rings. The first-order chi connectivity index (χ1) is 12.7. The van der Waals surface area contributed by atoms with Crippen molar-refractivity contribution >= 4 is 12.0 Å². The number of benzene rings is 2. The highest BCUT2D eigenvalue weighted by molar-refractivity contribution is 5.92. The SMILES string of the molecule is COc1cccc(OCCNC(=O)/C=C/c2ccc(OC)cc2OC)c1. The molecule has 0 spiro atoms. The van der Waals surface area contributed by atoms with Crippen LogP contribution >= 0.6 is 0 Å². The van der Waals surface area contributed by atoms with Gasteiger partial charge < -0.3 is 24.3 Å². The Bertz CT molecular complexity index is 758. The zero-order valence-corrected chi connectivity index (χ0v) is 15.2. The Morgan fingerprint density at radius 3 is 2.42 bits per heavy atom. The predicted octanol–water partition coefficient (Wildman–Crippen LogP) is 2.92. The van der Waals surface area contributed by atoms with Gasteiger partial charge in [0.05, 0.1) is 27.9 Å². The van der Waals surface area contributed by atoms with Gasteiger partial charge in [0, 0.05) is 23.8 Å². The molecule has 1 amide bonds. The molecule has 1 N–H and O–H groups in total. The second-order valence-electron chi connectivity index (χ2n) is 5.26. The predicted molar refractivity (Wildman–Crippen MR) is 100 cm³/mol. The maximum Gasteiger partial charge on any atom is 0.244 e. The normalized spacial score (nSPS) is 10.4. The third-order valence-corrected chi connectivity index (χ3v) is 3.57. The van der Waals surface area contributed by atoms with Crippen LogP contribution in [-0.2, 0) is 4.79 Å². The molecule has 0 atom stereocenters. The van der Waals surface area contributed by atoms with Gasteiger partial charge in [-0.25, -0.2) is 0 Å². The minimum absolute atomic E-state index is 0.211. The number of hydrogen-bond donors (Lipinski definition) is 1. The largest absolute Gasteiger partial charge is 0.497 e. The van der Waals surface area contributed by atoms with E-state index in [1.54, 1.807) is 39.5 Å². The summed E-state index contributed by atoms with van der Waals surface area (Å²) in [7, 11) is 4.76. The highest BCUT2D eigenvalue weighted by Crippen LogP contribution is 2.25. The van der Waals surface area contributed by atoms with Crippen molar-refractivity contribution < 1.29 is 23.7 Å². The van der Waals surface area contributed by atoms with Crippen LogP contribution in [0.4, 0.5) is 0 Å². The van der Waals surface area contributed by atoms with E-state index in [0.717, 1.165) is 11.3 Å². The molecule has 138 valence electrons. The van der Waals surface area contributed by atoms with E-state index in [2.05, 4.69) is 5.32 Å². The molecule has 6 heteroatoms. The van der Waals surface area contributed by atoms with Crippen LogP contribution in [0.15, 0.2) is 48.5 Å². The van der Waals surface area contributed by atoms with E-state index >= 15 is 0 Å². The number of nitrogens with one attached hydrogen (secondary N) is 1. The van der Waals surface area contributed by atoms with Gasteiger partial charge in [0.25, 0.3) is 0 Å². The summed E-state index contributed by atoms with van der Waals surface area (Å²) in [5.74, 6) is 2.53. The lowest BCUT2D eigenvalue weighted by atomic mass is 10.1. The Balaban J connectivity index is 1.80. The quantitative estimate of drug-likeness (QED) is 0.552. The Hall–Kier alpha value is -3.15. The van der Waals surface area contributed by atoms with E-state index in [4.69, 9.17) is 18.9 Å². The van der Waals surface area contributed by atoms with Gasteiger partial charge in [-0.3, -0.25) is 4.79 Å². The highest BCUT2D eigenvalue weighted by Gasteiger charge is 2.03. The van der Waals surface area contributed by atoms with Gasteiger partial charge in [-0.05, 0) is 30.3 Å². The van der Waals surface area contributed by atoms with E-state index in [9.17, 15) is 4.79 Å². The van der Waals surface area contributed by atoms with Gasteiger partial charge in [0.15, 0.2) is 0 Å². The molecule has 0 radical (unpaired) electrons. The van der Waals surface area contributed by atoms with Crippen LogP contribution < -0.4 is 24.3 Å². The number of rotatable bonds is 9. The van der Waals surface area contributed by atoms with Crippen LogP contribution in [0.1, 0.15) is 5.56 Å². The molecule has 0 bridgehead atoms. The number of hydrogen-bond acceptors (Lipinski definition) is 5. The molecular weight excluding hydrogens is 334 g/mol. The van der Waals surface area contributed by atoms with E-state index in [-0.39, 0.29) is 5.91 Å². The van der Waals surface area contributed by atoms with E-state index in [1.807, 2.05) is 30.3 Å². The van der Waals surface area contributed by atoms with Gasteiger partial charge in [-0.2, -0.15) is 0 Å². The van der Waals surface area contributed by atoms with E-state index in [1.165, 1.54) is 6.08 Å². The van der Waals surface area contributed by atoms with Crippen molar-refractivity contribution in [2.75, 3.05) is 34.5 Å². The second kappa shape index (κ2) is 9.98. The molecule has 2 aromatic carbocycles. The van der Waals surface area contributed by atoms with Crippen molar-refractivity contribution in [3.8, 4) is 23.0 Å². The topological polar surface area (TPSA) is 66.0 Å². The number of amides is 1. The number of carbonyl (C=O) groups excluding carboxylic acids is 1. The molecule has 2 rings (SSSR count). The highest BCUT2D eigenvalue weighted by atomic mass is 16.5. The Morgan fingerprint density at radius 1 is 0.962 bits per heavy atom. The average Bonchev–Trinajstić information content (AvgIpc) is 2.69. The van der Waals surface area contributed by atoms with Crippen molar-refractivity contribution in [2.45, 2.75) is 0 Å². The Labute approximate surface area is 153 Å². The number of carbonyl (C=O) groups is 1. The zero-order chi connectivity index (χ0) is 18.8. The summed E-state index contributed by atoms with van der Waals surface area (Å²) in [5.41, 5.74) is 0.788. The summed E-state index contributed by atoms with van der Waals surface area (Å²) in [5, 5.41) is 2.76. The molecular formula is C20H23NO5. The summed E-state index contributed by atoms with van der Waals surface area (Å²) in [6.45, 7) is 0.749. The van der Waals surface area contributed by atoms with Crippen LogP contribution in [0.25, 0.3) is 6.08 Å². The van der Waals surface area contributed by atoms with Crippen molar-refractivity contribution in [2.24, 2.45) is 0 Å².